The smallest absolute Gasteiger partial charge is 0.220 e. The van der Waals surface area contributed by atoms with Crippen molar-refractivity contribution in [1.29, 1.82) is 0 Å². The van der Waals surface area contributed by atoms with Gasteiger partial charge in [-0.3, -0.25) is 9.59 Å². The number of hydrogen-bond donors (Lipinski definition) is 12. The van der Waals surface area contributed by atoms with Crippen molar-refractivity contribution in [2.75, 3.05) is 26.4 Å². The third-order valence-electron chi connectivity index (χ3n) is 15.0. The third kappa shape index (κ3) is 24.8. The number of unbranched alkanes of at least 4 members (excludes halogenated alkanes) is 25. The fourth-order valence-electron chi connectivity index (χ4n) is 10.2. The summed E-state index contributed by atoms with van der Waals surface area (Å²) in [5.41, 5.74) is 0. The lowest BCUT2D eigenvalue weighted by Crippen LogP contribution is -2.68. The Morgan fingerprint density at radius 3 is 1.38 bits per heavy atom. The summed E-state index contributed by atoms with van der Waals surface area (Å²) < 4.78 is 34.8. The molecular formula is C56H104N2O18. The second-order valence-electron chi connectivity index (χ2n) is 21.5. The molecule has 17 atom stereocenters. The first kappa shape index (κ1) is 68.3. The highest BCUT2D eigenvalue weighted by molar-refractivity contribution is 5.76. The first-order valence-corrected chi connectivity index (χ1v) is 29.4. The summed E-state index contributed by atoms with van der Waals surface area (Å²) in [6, 6.07) is -2.40. The average Bonchev–Trinajstić information content (AvgIpc) is 3.41. The van der Waals surface area contributed by atoms with Crippen LogP contribution in [0.4, 0.5) is 0 Å². The molecule has 2 amide bonds. The number of nitrogens with one attached hydrogen (secondary N) is 2. The first-order chi connectivity index (χ1) is 36.7. The van der Waals surface area contributed by atoms with Crippen LogP contribution in [0.25, 0.3) is 0 Å². The number of allylic oxidation sites excluding steroid dienone is 1. The monoisotopic (exact) mass is 1090 g/mol. The average molecular weight is 1090 g/mol. The van der Waals surface area contributed by atoms with E-state index in [9.17, 15) is 60.7 Å². The number of aliphatic hydroxyl groups is 10. The second-order valence-corrected chi connectivity index (χ2v) is 21.5. The molecule has 0 saturated carbocycles. The van der Waals surface area contributed by atoms with Gasteiger partial charge in [0.05, 0.1) is 38.6 Å². The lowest BCUT2D eigenvalue weighted by Gasteiger charge is -2.48. The fourth-order valence-corrected chi connectivity index (χ4v) is 10.2. The van der Waals surface area contributed by atoms with Crippen molar-refractivity contribution in [3.05, 3.63) is 12.2 Å². The highest BCUT2D eigenvalue weighted by atomic mass is 16.8. The molecule has 76 heavy (non-hydrogen) atoms. The fraction of sp³-hybridized carbons (Fsp3) is 0.929. The highest BCUT2D eigenvalue weighted by Gasteiger charge is 2.54. The quantitative estimate of drug-likeness (QED) is 0.0304. The minimum absolute atomic E-state index is 0.244. The van der Waals surface area contributed by atoms with E-state index in [-0.39, 0.29) is 18.9 Å². The predicted molar refractivity (Wildman–Crippen MR) is 284 cm³/mol. The molecule has 0 aliphatic carbocycles. The van der Waals surface area contributed by atoms with E-state index in [4.69, 9.17) is 28.4 Å². The van der Waals surface area contributed by atoms with Gasteiger partial charge < -0.3 is 90.1 Å². The van der Waals surface area contributed by atoms with Crippen LogP contribution < -0.4 is 10.6 Å². The van der Waals surface area contributed by atoms with E-state index in [2.05, 4.69) is 24.5 Å². The number of aliphatic hydroxyl groups excluding tert-OH is 10. The zero-order valence-electron chi connectivity index (χ0n) is 46.3. The zero-order valence-corrected chi connectivity index (χ0v) is 46.3. The van der Waals surface area contributed by atoms with Crippen molar-refractivity contribution in [2.24, 2.45) is 0 Å². The molecule has 20 heteroatoms. The molecule has 3 aliphatic heterocycles. The van der Waals surface area contributed by atoms with Gasteiger partial charge in [-0.05, 0) is 19.3 Å². The number of amides is 2. The van der Waals surface area contributed by atoms with E-state index in [0.717, 1.165) is 51.9 Å². The van der Waals surface area contributed by atoms with Crippen molar-refractivity contribution in [2.45, 2.75) is 305 Å². The van der Waals surface area contributed by atoms with Gasteiger partial charge in [0.2, 0.25) is 11.8 Å². The van der Waals surface area contributed by atoms with Crippen LogP contribution in [0.15, 0.2) is 12.2 Å². The molecule has 12 N–H and O–H groups in total. The Labute approximate surface area is 453 Å². The van der Waals surface area contributed by atoms with E-state index in [1.807, 2.05) is 6.08 Å². The normalized spacial score (nSPS) is 30.9. The summed E-state index contributed by atoms with van der Waals surface area (Å²) in [6.45, 7) is 2.82. The molecule has 0 aromatic heterocycles. The molecule has 0 aromatic rings. The molecule has 0 aromatic carbocycles. The summed E-state index contributed by atoms with van der Waals surface area (Å²) in [7, 11) is 0. The maximum Gasteiger partial charge on any atom is 0.220 e. The Morgan fingerprint density at radius 2 is 0.921 bits per heavy atom. The molecule has 0 spiro atoms. The minimum atomic E-state index is -1.99. The van der Waals surface area contributed by atoms with E-state index in [1.165, 1.54) is 122 Å². The lowest BCUT2D eigenvalue weighted by atomic mass is 9.95. The number of carbonyl (C=O) groups excluding carboxylic acids is 2. The van der Waals surface area contributed by atoms with E-state index >= 15 is 0 Å². The summed E-state index contributed by atoms with van der Waals surface area (Å²) in [5.74, 6) is -0.924. The van der Waals surface area contributed by atoms with E-state index in [0.29, 0.717) is 6.42 Å². The molecule has 446 valence electrons. The van der Waals surface area contributed by atoms with Gasteiger partial charge in [0.15, 0.2) is 18.9 Å². The van der Waals surface area contributed by atoms with Gasteiger partial charge in [-0.25, -0.2) is 0 Å². The van der Waals surface area contributed by atoms with Gasteiger partial charge in [0, 0.05) is 13.3 Å². The maximum atomic E-state index is 13.3. The summed E-state index contributed by atoms with van der Waals surface area (Å²) in [4.78, 5) is 25.3. The molecule has 20 nitrogen and oxygen atoms in total. The van der Waals surface area contributed by atoms with Gasteiger partial charge >= 0.3 is 0 Å². The Kier molecular flexibility index (Phi) is 36.2. The van der Waals surface area contributed by atoms with Crippen LogP contribution in [0.1, 0.15) is 201 Å². The van der Waals surface area contributed by atoms with Crippen LogP contribution >= 0.6 is 0 Å². The summed E-state index contributed by atoms with van der Waals surface area (Å²) in [5, 5.41) is 113. The van der Waals surface area contributed by atoms with Gasteiger partial charge in [0.25, 0.3) is 0 Å². The van der Waals surface area contributed by atoms with Crippen molar-refractivity contribution in [3.63, 3.8) is 0 Å². The molecule has 3 rings (SSSR count). The van der Waals surface area contributed by atoms with E-state index < -0.39 is 130 Å². The van der Waals surface area contributed by atoms with Crippen LogP contribution in [0, 0.1) is 0 Å². The van der Waals surface area contributed by atoms with Gasteiger partial charge in [-0.2, -0.15) is 0 Å². The van der Waals surface area contributed by atoms with Crippen LogP contribution in [-0.2, 0) is 38.0 Å². The van der Waals surface area contributed by atoms with Crippen molar-refractivity contribution >= 4 is 11.8 Å². The summed E-state index contributed by atoms with van der Waals surface area (Å²) >= 11 is 0. The molecule has 0 radical (unpaired) electrons. The Bertz CT molecular complexity index is 1520. The molecular weight excluding hydrogens is 989 g/mol. The largest absolute Gasteiger partial charge is 0.394 e. The molecule has 3 aliphatic rings. The van der Waals surface area contributed by atoms with Crippen molar-refractivity contribution in [3.8, 4) is 0 Å². The van der Waals surface area contributed by atoms with Gasteiger partial charge in [-0.15, -0.1) is 0 Å². The molecule has 3 fully saturated rings. The number of ether oxygens (including phenoxy) is 6. The van der Waals surface area contributed by atoms with E-state index in [1.54, 1.807) is 6.08 Å². The zero-order chi connectivity index (χ0) is 55.7. The SMILES string of the molecule is CCCCCCCCCCCCC/C=C/[C@@H](O)[C@H](CO[C@@H]1O[C@H](CO)[C@@H](O[C@@H]2O[C@H](CO)[C@H](O[C@@H]3O[C@H](CO)[C@H](O)[C@H](O)[C@H]3NC(C)=O)[C@H](O)[C@H]2O)[C@H](O)C1O)NC(=O)CCCCCCCCCCCCCCCCC. The lowest BCUT2D eigenvalue weighted by molar-refractivity contribution is -0.374. The standard InChI is InChI=1S/C56H104N2O18/c1-4-6-8-10-12-14-16-18-19-21-23-25-27-29-31-33-44(64)58-39(40(63)32-30-28-26-24-22-20-17-15-13-11-9-7-5-2)37-71-55-50(69)48(67)53(42(35-60)73-55)76-56-51(70)49(68)52(43(36-61)74-56)75-54-45(57-38(3)62)47(66)46(65)41(34-59)72-54/h30,32,39-43,45-56,59-61,63,65-70H,4-29,31,33-37H2,1-3H3,(H,57,62)(H,58,64)/b32-30+/t39-,40+,41+,42+,43+,45+,46-,47+,48+,49+,50?,51+,52-,53+,54-,55+,56-/m0/s1. The van der Waals surface area contributed by atoms with Crippen LogP contribution in [0.2, 0.25) is 0 Å². The van der Waals surface area contributed by atoms with Crippen LogP contribution in [-0.4, -0.2) is 194 Å². The summed E-state index contributed by atoms with van der Waals surface area (Å²) in [6.07, 6.45) is 11.1. The molecule has 3 saturated heterocycles. The van der Waals surface area contributed by atoms with Gasteiger partial charge in [0.1, 0.15) is 73.2 Å². The number of hydrogen-bond acceptors (Lipinski definition) is 18. The molecule has 0 bridgehead atoms. The number of rotatable bonds is 42. The molecule has 1 unspecified atom stereocenters. The topological polar surface area (TPSA) is 316 Å². The Balaban J connectivity index is 1.56. The maximum absolute atomic E-state index is 13.3. The predicted octanol–water partition coefficient (Wildman–Crippen LogP) is 3.96. The van der Waals surface area contributed by atoms with Crippen molar-refractivity contribution < 1.29 is 89.1 Å². The van der Waals surface area contributed by atoms with Gasteiger partial charge in [-0.1, -0.05) is 180 Å². The van der Waals surface area contributed by atoms with Crippen LogP contribution in [0.3, 0.4) is 0 Å². The second kappa shape index (κ2) is 40.3. The number of carbonyl (C=O) groups is 2. The Morgan fingerprint density at radius 1 is 0.513 bits per heavy atom. The van der Waals surface area contributed by atoms with Crippen molar-refractivity contribution in [1.82, 2.24) is 10.6 Å². The molecule has 3 heterocycles. The first-order valence-electron chi connectivity index (χ1n) is 29.4. The van der Waals surface area contributed by atoms with Crippen LogP contribution in [0.5, 0.6) is 0 Å². The minimum Gasteiger partial charge on any atom is -0.394 e. The Hall–Kier alpha value is -1.96. The third-order valence-corrected chi connectivity index (χ3v) is 15.0. The highest BCUT2D eigenvalue weighted by Crippen LogP contribution is 2.33.